The minimum atomic E-state index is -0.606. The Bertz CT molecular complexity index is 821. The first-order valence-corrected chi connectivity index (χ1v) is 9.23. The number of hydrogen-bond donors (Lipinski definition) is 1. The van der Waals surface area contributed by atoms with E-state index >= 15 is 0 Å². The zero-order valence-electron chi connectivity index (χ0n) is 13.8. The molecule has 0 aliphatic heterocycles. The Morgan fingerprint density at radius 1 is 1.08 bits per heavy atom. The number of carbonyl (C=O) groups excluding carboxylic acids is 3. The van der Waals surface area contributed by atoms with Gasteiger partial charge in [-0.1, -0.05) is 35.3 Å². The van der Waals surface area contributed by atoms with Gasteiger partial charge in [0.1, 0.15) is 6.61 Å². The normalized spacial score (nSPS) is 10.3. The summed E-state index contributed by atoms with van der Waals surface area (Å²) in [5, 5.41) is 3.52. The molecule has 0 spiro atoms. The van der Waals surface area contributed by atoms with Crippen LogP contribution < -0.4 is 5.32 Å². The molecular weight excluding hydrogens is 397 g/mol. The zero-order valence-corrected chi connectivity index (χ0v) is 16.1. The van der Waals surface area contributed by atoms with E-state index in [0.717, 1.165) is 0 Å². The van der Waals surface area contributed by atoms with Gasteiger partial charge in [0.15, 0.2) is 5.78 Å². The molecule has 0 saturated heterocycles. The number of anilines is 1. The topological polar surface area (TPSA) is 72.5 Å². The highest BCUT2D eigenvalue weighted by Gasteiger charge is 2.15. The van der Waals surface area contributed by atoms with Crippen LogP contribution in [0, 0.1) is 0 Å². The number of nitrogens with one attached hydrogen (secondary N) is 1. The Morgan fingerprint density at radius 2 is 1.73 bits per heavy atom. The molecule has 0 aliphatic carbocycles. The van der Waals surface area contributed by atoms with Gasteiger partial charge in [-0.3, -0.25) is 9.59 Å². The molecule has 1 amide bonds. The fourth-order valence-electron chi connectivity index (χ4n) is 1.97. The average Bonchev–Trinajstić information content (AvgIpc) is 2.57. The molecule has 26 heavy (non-hydrogen) atoms. The van der Waals surface area contributed by atoms with Crippen molar-refractivity contribution in [2.45, 2.75) is 11.8 Å². The second-order valence-corrected chi connectivity index (χ2v) is 7.16. The van der Waals surface area contributed by atoms with Gasteiger partial charge in [-0.15, -0.1) is 11.8 Å². The number of ether oxygens (including phenoxy) is 1. The van der Waals surface area contributed by atoms with E-state index in [-0.39, 0.29) is 24.1 Å². The summed E-state index contributed by atoms with van der Waals surface area (Å²) in [6, 6.07) is 11.5. The molecule has 5 nitrogen and oxygen atoms in total. The van der Waals surface area contributed by atoms with Crippen molar-refractivity contribution < 1.29 is 19.1 Å². The molecule has 0 saturated carbocycles. The maximum absolute atomic E-state index is 12.1. The second kappa shape index (κ2) is 9.62. The van der Waals surface area contributed by atoms with Gasteiger partial charge in [0, 0.05) is 20.6 Å². The van der Waals surface area contributed by atoms with Crippen molar-refractivity contribution in [1.82, 2.24) is 0 Å². The van der Waals surface area contributed by atoms with E-state index < -0.39 is 5.97 Å². The summed E-state index contributed by atoms with van der Waals surface area (Å²) in [5.41, 5.74) is 0.791. The van der Waals surface area contributed by atoms with Crippen molar-refractivity contribution in [2.75, 3.05) is 17.7 Å². The number of ketones is 1. The highest BCUT2D eigenvalue weighted by Crippen LogP contribution is 2.25. The van der Waals surface area contributed by atoms with Gasteiger partial charge < -0.3 is 10.1 Å². The van der Waals surface area contributed by atoms with Gasteiger partial charge in [-0.05, 0) is 37.3 Å². The highest BCUT2D eigenvalue weighted by molar-refractivity contribution is 8.00. The van der Waals surface area contributed by atoms with E-state index in [9.17, 15) is 14.4 Å². The van der Waals surface area contributed by atoms with Gasteiger partial charge >= 0.3 is 5.97 Å². The minimum absolute atomic E-state index is 0.0706. The number of rotatable bonds is 7. The lowest BCUT2D eigenvalue weighted by molar-refractivity contribution is -0.120. The molecule has 2 aromatic carbocycles. The molecular formula is C18H15Cl2NO4S. The molecule has 0 radical (unpaired) electrons. The molecule has 0 bridgehead atoms. The summed E-state index contributed by atoms with van der Waals surface area (Å²) in [5.74, 6) is -1.06. The van der Waals surface area contributed by atoms with E-state index in [1.807, 2.05) is 0 Å². The summed E-state index contributed by atoms with van der Waals surface area (Å²) in [4.78, 5) is 35.7. The Hall–Kier alpha value is -2.02. The van der Waals surface area contributed by atoms with Gasteiger partial charge in [0.05, 0.1) is 11.3 Å². The fourth-order valence-corrected chi connectivity index (χ4v) is 3.34. The van der Waals surface area contributed by atoms with Crippen LogP contribution in [-0.4, -0.2) is 30.0 Å². The van der Waals surface area contributed by atoms with Crippen LogP contribution in [0.2, 0.25) is 10.0 Å². The molecule has 0 atom stereocenters. The summed E-state index contributed by atoms with van der Waals surface area (Å²) in [6.07, 6.45) is 0. The Labute approximate surface area is 165 Å². The van der Waals surface area contributed by atoms with E-state index in [0.29, 0.717) is 26.2 Å². The molecule has 136 valence electrons. The zero-order chi connectivity index (χ0) is 19.1. The van der Waals surface area contributed by atoms with Crippen molar-refractivity contribution in [2.24, 2.45) is 0 Å². The van der Waals surface area contributed by atoms with Crippen LogP contribution in [0.4, 0.5) is 5.69 Å². The van der Waals surface area contributed by atoms with Gasteiger partial charge in [0.25, 0.3) is 0 Å². The van der Waals surface area contributed by atoms with Crippen molar-refractivity contribution in [3.63, 3.8) is 0 Å². The number of carbonyl (C=O) groups is 3. The van der Waals surface area contributed by atoms with Crippen LogP contribution in [-0.2, 0) is 14.3 Å². The lowest BCUT2D eigenvalue weighted by Gasteiger charge is -2.09. The van der Waals surface area contributed by atoms with E-state index in [1.54, 1.807) is 42.5 Å². The number of benzene rings is 2. The SMILES string of the molecule is CC(=O)COC(=O)c1ccccc1SCC(=O)Nc1cc(Cl)cc(Cl)c1. The summed E-state index contributed by atoms with van der Waals surface area (Å²) in [7, 11) is 0. The number of amides is 1. The molecule has 0 unspecified atom stereocenters. The lowest BCUT2D eigenvalue weighted by atomic mass is 10.2. The highest BCUT2D eigenvalue weighted by atomic mass is 35.5. The first-order chi connectivity index (χ1) is 12.3. The number of hydrogen-bond acceptors (Lipinski definition) is 5. The van der Waals surface area contributed by atoms with E-state index in [1.165, 1.54) is 18.7 Å². The molecule has 0 fully saturated rings. The minimum Gasteiger partial charge on any atom is -0.454 e. The number of halogens is 2. The largest absolute Gasteiger partial charge is 0.454 e. The quantitative estimate of drug-likeness (QED) is 0.537. The van der Waals surface area contributed by atoms with Crippen LogP contribution in [0.15, 0.2) is 47.4 Å². The Kier molecular flexibility index (Phi) is 7.50. The first kappa shape index (κ1) is 20.3. The summed E-state index contributed by atoms with van der Waals surface area (Å²) < 4.78 is 4.93. The van der Waals surface area contributed by atoms with Crippen molar-refractivity contribution >= 4 is 58.3 Å². The predicted molar refractivity (Wildman–Crippen MR) is 103 cm³/mol. The molecule has 0 aliphatic rings. The maximum atomic E-state index is 12.1. The van der Waals surface area contributed by atoms with Crippen molar-refractivity contribution in [1.29, 1.82) is 0 Å². The molecule has 2 rings (SSSR count). The Balaban J connectivity index is 1.99. The number of thioether (sulfide) groups is 1. The van der Waals surface area contributed by atoms with Crippen molar-refractivity contribution in [3.05, 3.63) is 58.1 Å². The maximum Gasteiger partial charge on any atom is 0.339 e. The Morgan fingerprint density at radius 3 is 2.38 bits per heavy atom. The third kappa shape index (κ3) is 6.37. The van der Waals surface area contributed by atoms with Crippen LogP contribution in [0.25, 0.3) is 0 Å². The third-order valence-electron chi connectivity index (χ3n) is 3.02. The number of esters is 1. The van der Waals surface area contributed by atoms with Gasteiger partial charge in [0.2, 0.25) is 5.91 Å². The summed E-state index contributed by atoms with van der Waals surface area (Å²) >= 11 is 13.0. The van der Waals surface area contributed by atoms with E-state index in [4.69, 9.17) is 27.9 Å². The average molecular weight is 412 g/mol. The predicted octanol–water partition coefficient (Wildman–Crippen LogP) is 4.47. The van der Waals surface area contributed by atoms with Gasteiger partial charge in [-0.2, -0.15) is 0 Å². The standard InChI is InChI=1S/C18H15Cl2NO4S/c1-11(22)9-25-18(24)15-4-2-3-5-16(15)26-10-17(23)21-14-7-12(19)6-13(20)8-14/h2-8H,9-10H2,1H3,(H,21,23). The third-order valence-corrected chi connectivity index (χ3v) is 4.53. The molecule has 0 aromatic heterocycles. The van der Waals surface area contributed by atoms with Crippen LogP contribution >= 0.6 is 35.0 Å². The van der Waals surface area contributed by atoms with Gasteiger partial charge in [-0.25, -0.2) is 4.79 Å². The summed E-state index contributed by atoms with van der Waals surface area (Å²) in [6.45, 7) is 1.05. The van der Waals surface area contributed by atoms with Crippen LogP contribution in [0.3, 0.4) is 0 Å². The molecule has 2 aromatic rings. The number of Topliss-reactive ketones (excluding diaryl/α,β-unsaturated/α-hetero) is 1. The van der Waals surface area contributed by atoms with Crippen LogP contribution in [0.5, 0.6) is 0 Å². The van der Waals surface area contributed by atoms with Crippen LogP contribution in [0.1, 0.15) is 17.3 Å². The van der Waals surface area contributed by atoms with E-state index in [2.05, 4.69) is 5.32 Å². The molecule has 0 heterocycles. The smallest absolute Gasteiger partial charge is 0.339 e. The first-order valence-electron chi connectivity index (χ1n) is 7.49. The molecule has 8 heteroatoms. The second-order valence-electron chi connectivity index (χ2n) is 5.27. The molecule has 1 N–H and O–H groups in total. The lowest BCUT2D eigenvalue weighted by Crippen LogP contribution is -2.15. The monoisotopic (exact) mass is 411 g/mol. The van der Waals surface area contributed by atoms with Crippen molar-refractivity contribution in [3.8, 4) is 0 Å². The fraction of sp³-hybridized carbons (Fsp3) is 0.167.